The van der Waals surface area contributed by atoms with Gasteiger partial charge in [-0.1, -0.05) is 24.3 Å². The molecule has 3 rings (SSSR count). The van der Waals surface area contributed by atoms with Gasteiger partial charge in [0, 0.05) is 18.5 Å². The van der Waals surface area contributed by atoms with Crippen LogP contribution in [0.2, 0.25) is 0 Å². The Labute approximate surface area is 113 Å². The van der Waals surface area contributed by atoms with Gasteiger partial charge in [0.05, 0.1) is 0 Å². The van der Waals surface area contributed by atoms with Gasteiger partial charge >= 0.3 is 0 Å². The van der Waals surface area contributed by atoms with Gasteiger partial charge in [-0.25, -0.2) is 0 Å². The van der Waals surface area contributed by atoms with Gasteiger partial charge in [-0.15, -0.1) is 0 Å². The maximum absolute atomic E-state index is 3.67. The molecule has 0 aliphatic heterocycles. The Balaban J connectivity index is 1.48. The minimum atomic E-state index is 0.562. The first-order valence-corrected chi connectivity index (χ1v) is 7.59. The molecule has 1 N–H and O–H groups in total. The first-order valence-electron chi connectivity index (χ1n) is 6.65. The number of nitrogens with one attached hydrogen (secondary N) is 1. The molecule has 2 atom stereocenters. The van der Waals surface area contributed by atoms with Crippen LogP contribution in [0.3, 0.4) is 0 Å². The lowest BCUT2D eigenvalue weighted by atomic mass is 9.77. The predicted molar refractivity (Wildman–Crippen MR) is 78.4 cm³/mol. The molecule has 2 heteroatoms. The van der Waals surface area contributed by atoms with Crippen LogP contribution in [0.25, 0.3) is 0 Å². The Bertz CT molecular complexity index is 504. The van der Waals surface area contributed by atoms with Crippen molar-refractivity contribution in [1.29, 1.82) is 0 Å². The average molecular weight is 257 g/mol. The molecule has 1 heterocycles. The van der Waals surface area contributed by atoms with E-state index in [0.29, 0.717) is 6.04 Å². The quantitative estimate of drug-likeness (QED) is 0.863. The van der Waals surface area contributed by atoms with Gasteiger partial charge in [0.1, 0.15) is 0 Å². The van der Waals surface area contributed by atoms with Crippen LogP contribution in [-0.4, -0.2) is 12.6 Å². The lowest BCUT2D eigenvalue weighted by molar-refractivity contribution is 0.477. The van der Waals surface area contributed by atoms with Crippen LogP contribution in [0.15, 0.2) is 41.1 Å². The van der Waals surface area contributed by atoms with E-state index in [1.54, 1.807) is 16.9 Å². The first kappa shape index (κ1) is 11.9. The highest BCUT2D eigenvalue weighted by Crippen LogP contribution is 2.34. The van der Waals surface area contributed by atoms with Crippen LogP contribution in [-0.2, 0) is 12.8 Å². The van der Waals surface area contributed by atoms with E-state index in [2.05, 4.69) is 53.3 Å². The van der Waals surface area contributed by atoms with Crippen molar-refractivity contribution in [3.05, 3.63) is 57.8 Å². The van der Waals surface area contributed by atoms with Crippen molar-refractivity contribution in [1.82, 2.24) is 5.32 Å². The fourth-order valence-corrected chi connectivity index (χ4v) is 3.40. The number of fused-ring (bicyclic) bond motifs is 1. The second-order valence-electron chi connectivity index (χ2n) is 5.24. The van der Waals surface area contributed by atoms with E-state index in [-0.39, 0.29) is 0 Å². The van der Waals surface area contributed by atoms with Crippen molar-refractivity contribution in [2.75, 3.05) is 6.54 Å². The SMILES string of the molecule is CC(Cc1ccsc1)NCC1Cc2ccccc21. The summed E-state index contributed by atoms with van der Waals surface area (Å²) in [6, 6.07) is 11.6. The normalized spacial score (nSPS) is 19.1. The van der Waals surface area contributed by atoms with Gasteiger partial charge in [-0.3, -0.25) is 0 Å². The first-order chi connectivity index (χ1) is 8.83. The highest BCUT2D eigenvalue weighted by Gasteiger charge is 2.25. The summed E-state index contributed by atoms with van der Waals surface area (Å²) < 4.78 is 0. The largest absolute Gasteiger partial charge is 0.313 e. The Morgan fingerprint density at radius 2 is 2.22 bits per heavy atom. The standard InChI is InChI=1S/C16H19NS/c1-12(8-13-6-7-18-11-13)17-10-15-9-14-4-2-3-5-16(14)15/h2-7,11-12,15,17H,8-10H2,1H3. The Morgan fingerprint density at radius 1 is 1.33 bits per heavy atom. The minimum Gasteiger partial charge on any atom is -0.313 e. The van der Waals surface area contributed by atoms with Crippen molar-refractivity contribution >= 4 is 11.3 Å². The van der Waals surface area contributed by atoms with Gasteiger partial charge in [0.15, 0.2) is 0 Å². The van der Waals surface area contributed by atoms with Crippen LogP contribution in [0.5, 0.6) is 0 Å². The third kappa shape index (κ3) is 2.50. The van der Waals surface area contributed by atoms with Gasteiger partial charge in [0.2, 0.25) is 0 Å². The number of hydrogen-bond donors (Lipinski definition) is 1. The Hall–Kier alpha value is -1.12. The molecular formula is C16H19NS. The van der Waals surface area contributed by atoms with E-state index in [9.17, 15) is 0 Å². The molecule has 1 nitrogen and oxygen atoms in total. The molecule has 0 radical (unpaired) electrons. The molecule has 0 bridgehead atoms. The highest BCUT2D eigenvalue weighted by molar-refractivity contribution is 7.07. The molecular weight excluding hydrogens is 238 g/mol. The van der Waals surface area contributed by atoms with Gasteiger partial charge in [-0.05, 0) is 53.3 Å². The summed E-state index contributed by atoms with van der Waals surface area (Å²) in [4.78, 5) is 0. The third-order valence-corrected chi connectivity index (χ3v) is 4.53. The Kier molecular flexibility index (Phi) is 3.48. The molecule has 1 aromatic carbocycles. The molecule has 0 amide bonds. The summed E-state index contributed by atoms with van der Waals surface area (Å²) in [5, 5.41) is 8.07. The van der Waals surface area contributed by atoms with Crippen LogP contribution in [0.4, 0.5) is 0 Å². The molecule has 1 aromatic heterocycles. The van der Waals surface area contributed by atoms with E-state index >= 15 is 0 Å². The third-order valence-electron chi connectivity index (χ3n) is 3.80. The molecule has 2 aromatic rings. The lowest BCUT2D eigenvalue weighted by Gasteiger charge is -2.31. The van der Waals surface area contributed by atoms with Crippen molar-refractivity contribution in [2.24, 2.45) is 0 Å². The summed E-state index contributed by atoms with van der Waals surface area (Å²) in [5.41, 5.74) is 4.54. The molecule has 1 aliphatic carbocycles. The number of rotatable bonds is 5. The molecule has 18 heavy (non-hydrogen) atoms. The number of thiophene rings is 1. The zero-order valence-corrected chi connectivity index (χ0v) is 11.5. The summed E-state index contributed by atoms with van der Waals surface area (Å²) in [6.07, 6.45) is 2.38. The smallest absolute Gasteiger partial charge is 0.00796 e. The number of hydrogen-bond acceptors (Lipinski definition) is 2. The molecule has 0 spiro atoms. The van der Waals surface area contributed by atoms with Crippen molar-refractivity contribution in [3.8, 4) is 0 Å². The maximum atomic E-state index is 3.67. The van der Waals surface area contributed by atoms with Gasteiger partial charge in [-0.2, -0.15) is 11.3 Å². The van der Waals surface area contributed by atoms with E-state index in [4.69, 9.17) is 0 Å². The van der Waals surface area contributed by atoms with Crippen LogP contribution in [0.1, 0.15) is 29.5 Å². The fraction of sp³-hybridized carbons (Fsp3) is 0.375. The van der Waals surface area contributed by atoms with Crippen LogP contribution >= 0.6 is 11.3 Å². The molecule has 0 saturated carbocycles. The summed E-state index contributed by atoms with van der Waals surface area (Å²) >= 11 is 1.78. The summed E-state index contributed by atoms with van der Waals surface area (Å²) in [6.45, 7) is 3.39. The fourth-order valence-electron chi connectivity index (χ4n) is 2.72. The van der Waals surface area contributed by atoms with E-state index in [1.807, 2.05) is 0 Å². The summed E-state index contributed by atoms with van der Waals surface area (Å²) in [7, 11) is 0. The lowest BCUT2D eigenvalue weighted by Crippen LogP contribution is -2.35. The van der Waals surface area contributed by atoms with Gasteiger partial charge in [0.25, 0.3) is 0 Å². The second-order valence-corrected chi connectivity index (χ2v) is 6.02. The summed E-state index contributed by atoms with van der Waals surface area (Å²) in [5.74, 6) is 0.728. The minimum absolute atomic E-state index is 0.562. The van der Waals surface area contributed by atoms with Crippen molar-refractivity contribution in [3.63, 3.8) is 0 Å². The zero-order chi connectivity index (χ0) is 12.4. The van der Waals surface area contributed by atoms with E-state index in [1.165, 1.54) is 17.5 Å². The maximum Gasteiger partial charge on any atom is 0.00796 e. The van der Waals surface area contributed by atoms with Crippen LogP contribution in [0, 0.1) is 0 Å². The van der Waals surface area contributed by atoms with Crippen molar-refractivity contribution in [2.45, 2.75) is 31.7 Å². The molecule has 2 unspecified atom stereocenters. The topological polar surface area (TPSA) is 12.0 Å². The van der Waals surface area contributed by atoms with Crippen LogP contribution < -0.4 is 5.32 Å². The monoisotopic (exact) mass is 257 g/mol. The Morgan fingerprint density at radius 3 is 3.00 bits per heavy atom. The molecule has 0 saturated heterocycles. The predicted octanol–water partition coefficient (Wildman–Crippen LogP) is 3.61. The molecule has 1 aliphatic rings. The zero-order valence-electron chi connectivity index (χ0n) is 10.7. The van der Waals surface area contributed by atoms with E-state index in [0.717, 1.165) is 18.9 Å². The van der Waals surface area contributed by atoms with Gasteiger partial charge < -0.3 is 5.32 Å². The molecule has 94 valence electrons. The second kappa shape index (κ2) is 5.25. The molecule has 0 fully saturated rings. The average Bonchev–Trinajstić information content (AvgIpc) is 2.83. The van der Waals surface area contributed by atoms with Crippen molar-refractivity contribution < 1.29 is 0 Å². The number of benzene rings is 1. The highest BCUT2D eigenvalue weighted by atomic mass is 32.1. The van der Waals surface area contributed by atoms with E-state index < -0.39 is 0 Å².